The molecule has 5 aromatic carbocycles. The average Bonchev–Trinajstić information content (AvgIpc) is 3.39. The highest BCUT2D eigenvalue weighted by Crippen LogP contribution is 2.51. The van der Waals surface area contributed by atoms with E-state index in [1.165, 1.54) is 55.3 Å². The molecule has 2 atom stereocenters. The van der Waals surface area contributed by atoms with E-state index in [2.05, 4.69) is 140 Å². The zero-order valence-corrected chi connectivity index (χ0v) is 21.4. The molecule has 184 valence electrons. The number of benzene rings is 5. The molecule has 8 rings (SSSR count). The summed E-state index contributed by atoms with van der Waals surface area (Å²) in [5, 5.41) is 2.36. The molecule has 0 spiro atoms. The largest absolute Gasteiger partial charge is 0.456 e. The molecule has 6 aromatic rings. The van der Waals surface area contributed by atoms with E-state index < -0.39 is 0 Å². The number of para-hydroxylation sites is 1. The van der Waals surface area contributed by atoms with Crippen LogP contribution in [0.5, 0.6) is 0 Å². The summed E-state index contributed by atoms with van der Waals surface area (Å²) in [6, 6.07) is 43.6. The second-order valence-electron chi connectivity index (χ2n) is 10.4. The predicted octanol–water partition coefficient (Wildman–Crippen LogP) is 9.94. The monoisotopic (exact) mass is 498 g/mol. The maximum absolute atomic E-state index is 6.30. The minimum absolute atomic E-state index is 0.227. The standard InChI is InChI=1S/C38H26O/c1-2-12-25(13-3-1)26-14-10-15-27(24-26)36-28-16-4-6-18-30(28)37(31-19-7-5-17-29(31)36)33-21-11-23-35-38(33)32-20-8-9-22-34(32)39-35/h1-24,28,36H. The summed E-state index contributed by atoms with van der Waals surface area (Å²) in [7, 11) is 0. The van der Waals surface area contributed by atoms with Gasteiger partial charge in [-0.2, -0.15) is 0 Å². The highest BCUT2D eigenvalue weighted by atomic mass is 16.3. The minimum Gasteiger partial charge on any atom is -0.456 e. The van der Waals surface area contributed by atoms with Crippen molar-refractivity contribution in [3.05, 3.63) is 173 Å². The van der Waals surface area contributed by atoms with E-state index in [1.54, 1.807) is 0 Å². The fourth-order valence-corrected chi connectivity index (χ4v) is 6.66. The SMILES string of the molecule is C1=CC2=C(c3cccc4oc5ccccc5c34)c3ccccc3C(c3cccc(-c4ccccc4)c3)C2C=C1. The molecule has 0 saturated heterocycles. The third-order valence-corrected chi connectivity index (χ3v) is 8.30. The summed E-state index contributed by atoms with van der Waals surface area (Å²) in [5.41, 5.74) is 12.3. The van der Waals surface area contributed by atoms with Crippen molar-refractivity contribution in [3.8, 4) is 11.1 Å². The fourth-order valence-electron chi connectivity index (χ4n) is 6.66. The third kappa shape index (κ3) is 3.47. The minimum atomic E-state index is 0.227. The molecule has 1 nitrogen and oxygen atoms in total. The van der Waals surface area contributed by atoms with Crippen LogP contribution in [0, 0.1) is 5.92 Å². The fraction of sp³-hybridized carbons (Fsp3) is 0.0526. The summed E-state index contributed by atoms with van der Waals surface area (Å²) >= 11 is 0. The van der Waals surface area contributed by atoms with Crippen LogP contribution in [0.25, 0.3) is 38.6 Å². The van der Waals surface area contributed by atoms with Gasteiger partial charge in [0, 0.05) is 22.6 Å². The lowest BCUT2D eigenvalue weighted by Crippen LogP contribution is -2.23. The number of hydrogen-bond donors (Lipinski definition) is 0. The van der Waals surface area contributed by atoms with Crippen molar-refractivity contribution in [2.24, 2.45) is 5.92 Å². The molecule has 0 fully saturated rings. The topological polar surface area (TPSA) is 13.1 Å². The van der Waals surface area contributed by atoms with Crippen LogP contribution in [0.4, 0.5) is 0 Å². The summed E-state index contributed by atoms with van der Waals surface area (Å²) in [5.74, 6) is 0.462. The molecule has 0 saturated carbocycles. The van der Waals surface area contributed by atoms with E-state index in [4.69, 9.17) is 4.42 Å². The Morgan fingerprint density at radius 3 is 2.26 bits per heavy atom. The van der Waals surface area contributed by atoms with Gasteiger partial charge in [0.25, 0.3) is 0 Å². The molecule has 39 heavy (non-hydrogen) atoms. The third-order valence-electron chi connectivity index (χ3n) is 8.30. The molecular formula is C38H26O. The Morgan fingerprint density at radius 2 is 1.31 bits per heavy atom. The molecule has 2 aliphatic rings. The predicted molar refractivity (Wildman–Crippen MR) is 162 cm³/mol. The first kappa shape index (κ1) is 22.1. The Hall–Kier alpha value is -4.88. The average molecular weight is 499 g/mol. The van der Waals surface area contributed by atoms with E-state index in [-0.39, 0.29) is 11.8 Å². The molecule has 1 heterocycles. The first-order chi connectivity index (χ1) is 19.4. The molecule has 0 N–H and O–H groups in total. The van der Waals surface area contributed by atoms with E-state index in [0.717, 1.165) is 11.2 Å². The van der Waals surface area contributed by atoms with Crippen molar-refractivity contribution in [1.29, 1.82) is 0 Å². The van der Waals surface area contributed by atoms with Crippen LogP contribution in [0.3, 0.4) is 0 Å². The smallest absolute Gasteiger partial charge is 0.136 e. The van der Waals surface area contributed by atoms with Crippen molar-refractivity contribution in [2.75, 3.05) is 0 Å². The Bertz CT molecular complexity index is 1970. The molecule has 0 aliphatic heterocycles. The molecule has 1 heteroatoms. The van der Waals surface area contributed by atoms with Crippen LogP contribution < -0.4 is 0 Å². The lowest BCUT2D eigenvalue weighted by Gasteiger charge is -2.37. The van der Waals surface area contributed by atoms with Crippen LogP contribution in [0.15, 0.2) is 156 Å². The highest BCUT2D eigenvalue weighted by molar-refractivity contribution is 6.12. The number of allylic oxidation sites excluding steroid dienone is 5. The summed E-state index contributed by atoms with van der Waals surface area (Å²) in [6.45, 7) is 0. The zero-order valence-electron chi connectivity index (χ0n) is 21.4. The van der Waals surface area contributed by atoms with Gasteiger partial charge in [-0.1, -0.05) is 133 Å². The van der Waals surface area contributed by atoms with Crippen molar-refractivity contribution in [1.82, 2.24) is 0 Å². The van der Waals surface area contributed by atoms with E-state index >= 15 is 0 Å². The van der Waals surface area contributed by atoms with E-state index in [9.17, 15) is 0 Å². The Morgan fingerprint density at radius 1 is 0.564 bits per heavy atom. The van der Waals surface area contributed by atoms with Crippen molar-refractivity contribution >= 4 is 27.5 Å². The van der Waals surface area contributed by atoms with E-state index in [0.29, 0.717) is 0 Å². The van der Waals surface area contributed by atoms with Gasteiger partial charge in [-0.3, -0.25) is 0 Å². The van der Waals surface area contributed by atoms with E-state index in [1.807, 2.05) is 6.07 Å². The van der Waals surface area contributed by atoms with Crippen molar-refractivity contribution in [3.63, 3.8) is 0 Å². The van der Waals surface area contributed by atoms with Gasteiger partial charge in [0.2, 0.25) is 0 Å². The quantitative estimate of drug-likeness (QED) is 0.237. The first-order valence-corrected chi connectivity index (χ1v) is 13.6. The lowest BCUT2D eigenvalue weighted by molar-refractivity contribution is 0.649. The van der Waals surface area contributed by atoms with Crippen molar-refractivity contribution in [2.45, 2.75) is 5.92 Å². The van der Waals surface area contributed by atoms with Crippen LogP contribution in [0.2, 0.25) is 0 Å². The summed E-state index contributed by atoms with van der Waals surface area (Å²) in [6.07, 6.45) is 9.11. The van der Waals surface area contributed by atoms with Crippen LogP contribution in [-0.4, -0.2) is 0 Å². The highest BCUT2D eigenvalue weighted by Gasteiger charge is 2.36. The lowest BCUT2D eigenvalue weighted by atomic mass is 9.66. The molecule has 1 aromatic heterocycles. The first-order valence-electron chi connectivity index (χ1n) is 13.6. The van der Waals surface area contributed by atoms with Gasteiger partial charge in [-0.15, -0.1) is 0 Å². The Labute approximate surface area is 228 Å². The molecule has 2 aliphatic carbocycles. The Kier molecular flexibility index (Phi) is 5.03. The van der Waals surface area contributed by atoms with Gasteiger partial charge in [-0.05, 0) is 56.7 Å². The summed E-state index contributed by atoms with van der Waals surface area (Å²) in [4.78, 5) is 0. The molecule has 0 amide bonds. The van der Waals surface area contributed by atoms with Gasteiger partial charge in [0.15, 0.2) is 0 Å². The Balaban J connectivity index is 1.39. The normalized spacial score (nSPS) is 17.9. The summed E-state index contributed by atoms with van der Waals surface area (Å²) < 4.78 is 6.30. The van der Waals surface area contributed by atoms with Crippen molar-refractivity contribution < 1.29 is 4.42 Å². The van der Waals surface area contributed by atoms with Gasteiger partial charge < -0.3 is 4.42 Å². The van der Waals surface area contributed by atoms with Gasteiger partial charge in [0.05, 0.1) is 0 Å². The van der Waals surface area contributed by atoms with Crippen LogP contribution in [-0.2, 0) is 0 Å². The molecular weight excluding hydrogens is 472 g/mol. The molecule has 0 radical (unpaired) electrons. The van der Waals surface area contributed by atoms with Gasteiger partial charge in [0.1, 0.15) is 11.2 Å². The number of hydrogen-bond acceptors (Lipinski definition) is 1. The molecule has 0 bridgehead atoms. The number of rotatable bonds is 3. The number of fused-ring (bicyclic) bond motifs is 5. The molecule has 2 unspecified atom stereocenters. The van der Waals surface area contributed by atoms with Crippen LogP contribution in [0.1, 0.15) is 28.2 Å². The second-order valence-corrected chi connectivity index (χ2v) is 10.4. The zero-order chi connectivity index (χ0) is 25.8. The van der Waals surface area contributed by atoms with Gasteiger partial charge in [-0.25, -0.2) is 0 Å². The van der Waals surface area contributed by atoms with Gasteiger partial charge >= 0.3 is 0 Å². The maximum Gasteiger partial charge on any atom is 0.136 e. The number of furan rings is 1. The second kappa shape index (κ2) is 8.85. The van der Waals surface area contributed by atoms with Crippen LogP contribution >= 0.6 is 0 Å². The maximum atomic E-state index is 6.30.